The van der Waals surface area contributed by atoms with Crippen LogP contribution in [0.3, 0.4) is 0 Å². The fourth-order valence-corrected chi connectivity index (χ4v) is 2.97. The second kappa shape index (κ2) is 4.24. The topological polar surface area (TPSA) is 105 Å². The molecule has 5 atom stereocenters. The minimum absolute atomic E-state index is 0.0134. The normalized spacial score (nSPS) is 40.0. The number of ether oxygens (including phenoxy) is 1. The van der Waals surface area contributed by atoms with Crippen molar-refractivity contribution in [3.63, 3.8) is 0 Å². The van der Waals surface area contributed by atoms with Crippen LogP contribution in [0.15, 0.2) is 15.8 Å². The lowest BCUT2D eigenvalue weighted by molar-refractivity contribution is -0.0917. The highest BCUT2D eigenvalue weighted by atomic mass is 19.1. The van der Waals surface area contributed by atoms with Crippen LogP contribution in [0, 0.1) is 6.92 Å². The molecule has 2 heterocycles. The zero-order valence-corrected chi connectivity index (χ0v) is 10.7. The first-order valence-corrected chi connectivity index (χ1v) is 6.34. The van der Waals surface area contributed by atoms with Crippen LogP contribution in [0.2, 0.25) is 0 Å². The minimum Gasteiger partial charge on any atom is -0.387 e. The van der Waals surface area contributed by atoms with Crippen molar-refractivity contribution in [2.75, 3.05) is 0 Å². The molecule has 3 N–H and O–H groups in total. The van der Waals surface area contributed by atoms with Gasteiger partial charge >= 0.3 is 5.69 Å². The van der Waals surface area contributed by atoms with Gasteiger partial charge in [-0.05, 0) is 6.92 Å². The van der Waals surface area contributed by atoms with Crippen molar-refractivity contribution in [2.45, 2.75) is 50.0 Å². The van der Waals surface area contributed by atoms with Crippen molar-refractivity contribution in [1.82, 2.24) is 9.55 Å². The third-order valence-corrected chi connectivity index (χ3v) is 4.05. The number of aromatic amines is 1. The number of nitrogens with one attached hydrogen (secondary N) is 1. The summed E-state index contributed by atoms with van der Waals surface area (Å²) >= 11 is 0. The van der Waals surface area contributed by atoms with E-state index in [0.717, 1.165) is 4.57 Å². The molecule has 0 amide bonds. The van der Waals surface area contributed by atoms with Gasteiger partial charge in [-0.25, -0.2) is 9.18 Å². The molecule has 20 heavy (non-hydrogen) atoms. The number of fused-ring (bicyclic) bond motifs is 1. The first-order valence-electron chi connectivity index (χ1n) is 6.34. The van der Waals surface area contributed by atoms with Crippen LogP contribution >= 0.6 is 0 Å². The molecule has 1 aliphatic heterocycles. The summed E-state index contributed by atoms with van der Waals surface area (Å²) in [5.41, 5.74) is -2.33. The molecule has 2 fully saturated rings. The summed E-state index contributed by atoms with van der Waals surface area (Å²) in [7, 11) is 0. The van der Waals surface area contributed by atoms with Gasteiger partial charge in [0.1, 0.15) is 30.2 Å². The molecule has 110 valence electrons. The van der Waals surface area contributed by atoms with E-state index >= 15 is 0 Å². The average Bonchev–Trinajstić information content (AvgIpc) is 2.79. The molecule has 1 aromatic heterocycles. The van der Waals surface area contributed by atoms with E-state index in [0.29, 0.717) is 5.56 Å². The summed E-state index contributed by atoms with van der Waals surface area (Å²) in [6.45, 7) is 1.53. The largest absolute Gasteiger partial charge is 0.387 e. The van der Waals surface area contributed by atoms with Gasteiger partial charge in [-0.3, -0.25) is 14.3 Å². The number of rotatable bonds is 1. The second-order valence-corrected chi connectivity index (χ2v) is 5.51. The Hall–Kier alpha value is -1.51. The number of nitrogens with zero attached hydrogens (tertiary/aromatic N) is 1. The molecule has 0 bridgehead atoms. The Bertz CT molecular complexity index is 656. The predicted octanol–water partition coefficient (Wildman–Crippen LogP) is -1.03. The number of H-pyrrole nitrogens is 1. The van der Waals surface area contributed by atoms with E-state index in [1.807, 2.05) is 0 Å². The predicted molar refractivity (Wildman–Crippen MR) is 65.1 cm³/mol. The molecule has 1 aromatic rings. The van der Waals surface area contributed by atoms with Crippen LogP contribution in [-0.2, 0) is 4.74 Å². The molecule has 3 rings (SSSR count). The molecular weight excluding hydrogens is 271 g/mol. The number of alkyl halides is 1. The third kappa shape index (κ3) is 1.83. The molecule has 0 spiro atoms. The monoisotopic (exact) mass is 286 g/mol. The number of aromatic nitrogens is 2. The van der Waals surface area contributed by atoms with Gasteiger partial charge in [0.2, 0.25) is 0 Å². The van der Waals surface area contributed by atoms with Gasteiger partial charge in [0.25, 0.3) is 5.56 Å². The van der Waals surface area contributed by atoms with Gasteiger partial charge < -0.3 is 14.9 Å². The molecule has 2 aliphatic rings. The number of aryl methyl sites for hydroxylation is 1. The van der Waals surface area contributed by atoms with Crippen molar-refractivity contribution in [1.29, 1.82) is 0 Å². The number of hydrogen-bond acceptors (Lipinski definition) is 5. The summed E-state index contributed by atoms with van der Waals surface area (Å²) in [5, 5.41) is 20.0. The summed E-state index contributed by atoms with van der Waals surface area (Å²) in [6, 6.07) is 0. The lowest BCUT2D eigenvalue weighted by Crippen LogP contribution is -2.38. The van der Waals surface area contributed by atoms with E-state index in [9.17, 15) is 24.2 Å². The summed E-state index contributed by atoms with van der Waals surface area (Å²) in [5.74, 6) is 0. The van der Waals surface area contributed by atoms with E-state index in [4.69, 9.17) is 4.74 Å². The third-order valence-electron chi connectivity index (χ3n) is 4.05. The van der Waals surface area contributed by atoms with Crippen molar-refractivity contribution in [3.8, 4) is 0 Å². The van der Waals surface area contributed by atoms with Crippen LogP contribution in [-0.4, -0.2) is 43.7 Å². The van der Waals surface area contributed by atoms with Crippen molar-refractivity contribution >= 4 is 0 Å². The number of halogens is 1. The first-order chi connectivity index (χ1) is 9.32. The SMILES string of the molecule is Cc1cn([C@H]2C[C@@]3(O)C[C@@H](F)[C@@H](O)C3O2)c(=O)[nH]c1=O. The van der Waals surface area contributed by atoms with Gasteiger partial charge in [0.05, 0.1) is 0 Å². The Morgan fingerprint density at radius 3 is 2.85 bits per heavy atom. The second-order valence-electron chi connectivity index (χ2n) is 5.51. The molecule has 1 unspecified atom stereocenters. The lowest BCUT2D eigenvalue weighted by atomic mass is 9.97. The number of aliphatic hydroxyl groups excluding tert-OH is 1. The highest BCUT2D eigenvalue weighted by molar-refractivity contribution is 5.09. The Morgan fingerprint density at radius 1 is 1.50 bits per heavy atom. The van der Waals surface area contributed by atoms with Crippen molar-refractivity contribution in [3.05, 3.63) is 32.6 Å². The lowest BCUT2D eigenvalue weighted by Gasteiger charge is -2.19. The molecular formula is C12H15FN2O5. The van der Waals surface area contributed by atoms with Crippen LogP contribution in [0.5, 0.6) is 0 Å². The maximum Gasteiger partial charge on any atom is 0.330 e. The highest BCUT2D eigenvalue weighted by Crippen LogP contribution is 2.47. The molecule has 1 aliphatic carbocycles. The Morgan fingerprint density at radius 2 is 2.20 bits per heavy atom. The van der Waals surface area contributed by atoms with E-state index in [1.165, 1.54) is 13.1 Å². The molecule has 1 saturated carbocycles. The molecule has 1 saturated heterocycles. The smallest absolute Gasteiger partial charge is 0.330 e. The Kier molecular flexibility index (Phi) is 2.86. The fraction of sp³-hybridized carbons (Fsp3) is 0.667. The van der Waals surface area contributed by atoms with E-state index in [1.54, 1.807) is 0 Å². The molecule has 8 heteroatoms. The van der Waals surface area contributed by atoms with Gasteiger partial charge in [-0.15, -0.1) is 0 Å². The van der Waals surface area contributed by atoms with Gasteiger partial charge in [0, 0.05) is 24.6 Å². The van der Waals surface area contributed by atoms with Crippen LogP contribution < -0.4 is 11.2 Å². The van der Waals surface area contributed by atoms with Gasteiger partial charge in [0.15, 0.2) is 0 Å². The Balaban J connectivity index is 1.95. The standard InChI is InChI=1S/C12H15FN2O5/c1-5-4-15(11(18)14-10(5)17)7-3-12(19)2-6(13)8(16)9(12)20-7/h4,6-9,16,19H,2-3H2,1H3,(H,14,17,18)/t6-,7-,8-,9?,12+/m1/s1. The molecule has 7 nitrogen and oxygen atoms in total. The van der Waals surface area contributed by atoms with E-state index in [2.05, 4.69) is 4.98 Å². The van der Waals surface area contributed by atoms with E-state index < -0.39 is 41.5 Å². The van der Waals surface area contributed by atoms with Crippen LogP contribution in [0.25, 0.3) is 0 Å². The summed E-state index contributed by atoms with van der Waals surface area (Å²) < 4.78 is 20.0. The molecule has 0 aromatic carbocycles. The van der Waals surface area contributed by atoms with Crippen molar-refractivity contribution in [2.24, 2.45) is 0 Å². The zero-order valence-electron chi connectivity index (χ0n) is 10.7. The summed E-state index contributed by atoms with van der Waals surface area (Å²) in [4.78, 5) is 25.2. The number of aliphatic hydroxyl groups is 2. The fourth-order valence-electron chi connectivity index (χ4n) is 2.97. The Labute approximate surface area is 112 Å². The average molecular weight is 286 g/mol. The van der Waals surface area contributed by atoms with Crippen LogP contribution in [0.4, 0.5) is 4.39 Å². The quantitative estimate of drug-likeness (QED) is 0.612. The first kappa shape index (κ1) is 13.5. The zero-order chi connectivity index (χ0) is 14.7. The minimum atomic E-state index is -1.54. The van der Waals surface area contributed by atoms with E-state index in [-0.39, 0.29) is 12.8 Å². The van der Waals surface area contributed by atoms with Gasteiger partial charge in [-0.2, -0.15) is 0 Å². The van der Waals surface area contributed by atoms with Crippen LogP contribution in [0.1, 0.15) is 24.6 Å². The molecule has 0 radical (unpaired) electrons. The summed E-state index contributed by atoms with van der Waals surface area (Å²) in [6.07, 6.45) is -3.77. The maximum absolute atomic E-state index is 13.4. The van der Waals surface area contributed by atoms with Crippen molar-refractivity contribution < 1.29 is 19.3 Å². The maximum atomic E-state index is 13.4. The number of hydrogen-bond donors (Lipinski definition) is 3. The highest BCUT2D eigenvalue weighted by Gasteiger charge is 2.59. The van der Waals surface area contributed by atoms with Gasteiger partial charge in [-0.1, -0.05) is 0 Å².